The number of carbonyl (C=O) groups is 1. The Labute approximate surface area is 110 Å². The number of aliphatic hydroxyl groups is 1. The summed E-state index contributed by atoms with van der Waals surface area (Å²) in [5, 5.41) is 16.1. The van der Waals surface area contributed by atoms with Gasteiger partial charge < -0.3 is 15.7 Å². The summed E-state index contributed by atoms with van der Waals surface area (Å²) in [6, 6.07) is 0.290. The molecule has 0 radical (unpaired) electrons. The van der Waals surface area contributed by atoms with Gasteiger partial charge in [0.25, 0.3) is 0 Å². The number of carbonyl (C=O) groups excluding carboxylic acids is 1. The molecule has 1 atom stereocenters. The van der Waals surface area contributed by atoms with Crippen molar-refractivity contribution in [2.45, 2.75) is 57.4 Å². The first kappa shape index (κ1) is 13.8. The maximum absolute atomic E-state index is 11.5. The van der Waals surface area contributed by atoms with E-state index in [-0.39, 0.29) is 24.0 Å². The van der Waals surface area contributed by atoms with Crippen molar-refractivity contribution in [1.82, 2.24) is 10.6 Å². The minimum Gasteiger partial charge on any atom is -0.396 e. The molecule has 1 aliphatic carbocycles. The van der Waals surface area contributed by atoms with Crippen molar-refractivity contribution in [3.63, 3.8) is 0 Å². The Bertz CT molecular complexity index is 275. The van der Waals surface area contributed by atoms with Crippen molar-refractivity contribution in [3.05, 3.63) is 0 Å². The Morgan fingerprint density at radius 2 is 2.06 bits per heavy atom. The molecule has 0 aromatic rings. The molecule has 1 saturated carbocycles. The minimum absolute atomic E-state index is 0.0705. The second-order valence-electron chi connectivity index (χ2n) is 5.99. The lowest BCUT2D eigenvalue weighted by atomic mass is 9.74. The summed E-state index contributed by atoms with van der Waals surface area (Å²) < 4.78 is 0. The monoisotopic (exact) mass is 254 g/mol. The minimum atomic E-state index is 0.0705. The van der Waals surface area contributed by atoms with Crippen LogP contribution in [0.4, 0.5) is 0 Å². The van der Waals surface area contributed by atoms with Gasteiger partial charge in [0, 0.05) is 37.6 Å². The smallest absolute Gasteiger partial charge is 0.221 e. The lowest BCUT2D eigenvalue weighted by Crippen LogP contribution is -2.43. The molecule has 2 fully saturated rings. The van der Waals surface area contributed by atoms with E-state index in [0.29, 0.717) is 6.42 Å². The fourth-order valence-corrected chi connectivity index (χ4v) is 3.20. The number of amides is 1. The highest BCUT2D eigenvalue weighted by molar-refractivity contribution is 5.76. The highest BCUT2D eigenvalue weighted by Crippen LogP contribution is 2.35. The van der Waals surface area contributed by atoms with Crippen molar-refractivity contribution in [2.75, 3.05) is 19.7 Å². The van der Waals surface area contributed by atoms with E-state index in [1.807, 2.05) is 0 Å². The van der Waals surface area contributed by atoms with Crippen LogP contribution in [0, 0.1) is 5.41 Å². The molecule has 0 bridgehead atoms. The van der Waals surface area contributed by atoms with Crippen LogP contribution in [0.3, 0.4) is 0 Å². The zero-order valence-electron chi connectivity index (χ0n) is 11.2. The van der Waals surface area contributed by atoms with E-state index in [2.05, 4.69) is 10.6 Å². The molecule has 0 spiro atoms. The standard InChI is InChI=1S/C14H26N2O2/c17-11-14(6-2-1-3-7-14)10-16-12-5-4-8-15-13(18)9-12/h12,16-17H,1-11H2,(H,15,18). The lowest BCUT2D eigenvalue weighted by molar-refractivity contribution is -0.121. The molecule has 2 aliphatic rings. The normalized spacial score (nSPS) is 28.5. The van der Waals surface area contributed by atoms with Crippen molar-refractivity contribution in [1.29, 1.82) is 0 Å². The van der Waals surface area contributed by atoms with Gasteiger partial charge in [0.1, 0.15) is 0 Å². The highest BCUT2D eigenvalue weighted by atomic mass is 16.3. The van der Waals surface area contributed by atoms with Crippen LogP contribution >= 0.6 is 0 Å². The topological polar surface area (TPSA) is 61.4 Å². The van der Waals surface area contributed by atoms with Crippen LogP contribution in [0.25, 0.3) is 0 Å². The third-order valence-electron chi connectivity index (χ3n) is 4.50. The van der Waals surface area contributed by atoms with Gasteiger partial charge in [-0.05, 0) is 25.7 Å². The summed E-state index contributed by atoms with van der Waals surface area (Å²) in [5.41, 5.74) is 0.0705. The quantitative estimate of drug-likeness (QED) is 0.706. The molecule has 0 aromatic carbocycles. The maximum Gasteiger partial charge on any atom is 0.221 e. The third kappa shape index (κ3) is 3.69. The molecule has 104 valence electrons. The van der Waals surface area contributed by atoms with Crippen LogP contribution in [0.5, 0.6) is 0 Å². The van der Waals surface area contributed by atoms with Crippen LogP contribution in [-0.2, 0) is 4.79 Å². The van der Waals surface area contributed by atoms with Crippen LogP contribution < -0.4 is 10.6 Å². The lowest BCUT2D eigenvalue weighted by Gasteiger charge is -2.37. The summed E-state index contributed by atoms with van der Waals surface area (Å²) in [4.78, 5) is 11.5. The number of hydrogen-bond acceptors (Lipinski definition) is 3. The fraction of sp³-hybridized carbons (Fsp3) is 0.929. The summed E-state index contributed by atoms with van der Waals surface area (Å²) in [6.07, 6.45) is 8.69. The van der Waals surface area contributed by atoms with E-state index in [1.54, 1.807) is 0 Å². The summed E-state index contributed by atoms with van der Waals surface area (Å²) in [5.74, 6) is 0.159. The first-order valence-electron chi connectivity index (χ1n) is 7.35. The molecule has 0 aromatic heterocycles. The summed E-state index contributed by atoms with van der Waals surface area (Å²) in [6.45, 7) is 1.95. The largest absolute Gasteiger partial charge is 0.396 e. The summed E-state index contributed by atoms with van der Waals surface area (Å²) in [7, 11) is 0. The zero-order chi connectivity index (χ0) is 12.8. The molecule has 18 heavy (non-hydrogen) atoms. The van der Waals surface area contributed by atoms with Crippen molar-refractivity contribution < 1.29 is 9.90 Å². The average Bonchev–Trinajstić information content (AvgIpc) is 2.62. The van der Waals surface area contributed by atoms with Crippen molar-refractivity contribution in [2.24, 2.45) is 5.41 Å². The Hall–Kier alpha value is -0.610. The first-order chi connectivity index (χ1) is 8.74. The highest BCUT2D eigenvalue weighted by Gasteiger charge is 2.32. The number of hydrogen-bond donors (Lipinski definition) is 3. The molecule has 2 rings (SSSR count). The van der Waals surface area contributed by atoms with Gasteiger partial charge in [-0.3, -0.25) is 4.79 Å². The number of nitrogens with one attached hydrogen (secondary N) is 2. The van der Waals surface area contributed by atoms with Gasteiger partial charge in [-0.25, -0.2) is 0 Å². The molecule has 4 nitrogen and oxygen atoms in total. The first-order valence-corrected chi connectivity index (χ1v) is 7.35. The van der Waals surface area contributed by atoms with Gasteiger partial charge in [-0.15, -0.1) is 0 Å². The molecule has 3 N–H and O–H groups in total. The maximum atomic E-state index is 11.5. The van der Waals surface area contributed by atoms with E-state index < -0.39 is 0 Å². The Balaban J connectivity index is 1.82. The molecule has 1 amide bonds. The summed E-state index contributed by atoms with van der Waals surface area (Å²) >= 11 is 0. The van der Waals surface area contributed by atoms with E-state index in [4.69, 9.17) is 0 Å². The molecule has 1 saturated heterocycles. The molecule has 4 heteroatoms. The van der Waals surface area contributed by atoms with Gasteiger partial charge in [0.05, 0.1) is 0 Å². The zero-order valence-corrected chi connectivity index (χ0v) is 11.2. The molecule has 1 unspecified atom stereocenters. The van der Waals surface area contributed by atoms with Gasteiger partial charge in [-0.1, -0.05) is 19.3 Å². The van der Waals surface area contributed by atoms with Gasteiger partial charge in [0.2, 0.25) is 5.91 Å². The van der Waals surface area contributed by atoms with E-state index in [9.17, 15) is 9.90 Å². The molecule has 1 heterocycles. The van der Waals surface area contributed by atoms with E-state index in [0.717, 1.165) is 38.8 Å². The van der Waals surface area contributed by atoms with Crippen LogP contribution in [-0.4, -0.2) is 36.8 Å². The predicted octanol–water partition coefficient (Wildman–Crippen LogP) is 1.19. The third-order valence-corrected chi connectivity index (χ3v) is 4.50. The predicted molar refractivity (Wildman–Crippen MR) is 71.3 cm³/mol. The Morgan fingerprint density at radius 1 is 1.28 bits per heavy atom. The second-order valence-corrected chi connectivity index (χ2v) is 5.99. The van der Waals surface area contributed by atoms with Crippen LogP contribution in [0.1, 0.15) is 51.4 Å². The molecule has 1 aliphatic heterocycles. The Kier molecular flexibility index (Phi) is 5.01. The van der Waals surface area contributed by atoms with Crippen LogP contribution in [0.15, 0.2) is 0 Å². The molecular formula is C14H26N2O2. The van der Waals surface area contributed by atoms with Gasteiger partial charge >= 0.3 is 0 Å². The van der Waals surface area contributed by atoms with Crippen molar-refractivity contribution in [3.8, 4) is 0 Å². The SMILES string of the molecule is O=C1CC(NCC2(CO)CCCCC2)CCCN1. The van der Waals surface area contributed by atoms with Gasteiger partial charge in [0.15, 0.2) is 0 Å². The van der Waals surface area contributed by atoms with Crippen molar-refractivity contribution >= 4 is 5.91 Å². The van der Waals surface area contributed by atoms with Crippen LogP contribution in [0.2, 0.25) is 0 Å². The number of aliphatic hydroxyl groups excluding tert-OH is 1. The van der Waals surface area contributed by atoms with E-state index in [1.165, 1.54) is 19.3 Å². The number of rotatable bonds is 4. The average molecular weight is 254 g/mol. The van der Waals surface area contributed by atoms with E-state index >= 15 is 0 Å². The molecular weight excluding hydrogens is 228 g/mol. The second kappa shape index (κ2) is 6.53. The van der Waals surface area contributed by atoms with Gasteiger partial charge in [-0.2, -0.15) is 0 Å². The Morgan fingerprint density at radius 3 is 2.78 bits per heavy atom. The fourth-order valence-electron chi connectivity index (χ4n) is 3.20.